The molecule has 144 valence electrons. The van der Waals surface area contributed by atoms with Crippen LogP contribution in [0.4, 0.5) is 0 Å². The van der Waals surface area contributed by atoms with Crippen molar-refractivity contribution in [2.45, 2.75) is 13.3 Å². The molecule has 0 saturated heterocycles. The van der Waals surface area contributed by atoms with Crippen LogP contribution in [0.3, 0.4) is 0 Å². The van der Waals surface area contributed by atoms with Gasteiger partial charge in [-0.3, -0.25) is 4.79 Å². The molecule has 0 aliphatic carbocycles. The summed E-state index contributed by atoms with van der Waals surface area (Å²) in [5.74, 6) is 1.66. The highest BCUT2D eigenvalue weighted by atomic mass is 16.5. The van der Waals surface area contributed by atoms with E-state index in [4.69, 9.17) is 18.9 Å². The Hall–Kier alpha value is -3.22. The van der Waals surface area contributed by atoms with Crippen molar-refractivity contribution in [2.24, 2.45) is 5.10 Å². The fourth-order valence-electron chi connectivity index (χ4n) is 2.50. The van der Waals surface area contributed by atoms with E-state index in [1.165, 1.54) is 21.3 Å². The van der Waals surface area contributed by atoms with Crippen LogP contribution in [0, 0.1) is 0 Å². The third kappa shape index (κ3) is 5.13. The summed E-state index contributed by atoms with van der Waals surface area (Å²) in [6.07, 6.45) is 0.611. The van der Waals surface area contributed by atoms with Crippen molar-refractivity contribution < 1.29 is 23.7 Å². The minimum atomic E-state index is -0.372. The van der Waals surface area contributed by atoms with E-state index >= 15 is 0 Å². The predicted molar refractivity (Wildman–Crippen MR) is 103 cm³/mol. The van der Waals surface area contributed by atoms with Crippen LogP contribution in [0.25, 0.3) is 0 Å². The summed E-state index contributed by atoms with van der Waals surface area (Å²) in [7, 11) is 6.12. The maximum Gasteiger partial charge on any atom is 0.271 e. The second-order valence-electron chi connectivity index (χ2n) is 5.73. The predicted octanol–water partition coefficient (Wildman–Crippen LogP) is 3.07. The molecule has 0 aliphatic rings. The van der Waals surface area contributed by atoms with Gasteiger partial charge in [-0.1, -0.05) is 12.1 Å². The average molecular weight is 372 g/mol. The van der Waals surface area contributed by atoms with Gasteiger partial charge in [-0.2, -0.15) is 5.10 Å². The number of benzene rings is 2. The molecular formula is C20H24N2O5. The molecule has 1 amide bonds. The molecule has 0 bridgehead atoms. The molecule has 0 aromatic heterocycles. The molecule has 0 atom stereocenters. The van der Waals surface area contributed by atoms with Crippen molar-refractivity contribution in [3.63, 3.8) is 0 Å². The minimum Gasteiger partial charge on any atom is -0.497 e. The molecule has 7 heteroatoms. The summed E-state index contributed by atoms with van der Waals surface area (Å²) in [5.41, 5.74) is 4.74. The number of amides is 1. The maximum atomic E-state index is 12.4. The molecule has 2 rings (SSSR count). The van der Waals surface area contributed by atoms with Crippen LogP contribution in [0.15, 0.2) is 41.5 Å². The molecule has 0 spiro atoms. The van der Waals surface area contributed by atoms with Crippen molar-refractivity contribution in [1.82, 2.24) is 5.43 Å². The highest BCUT2D eigenvalue weighted by Crippen LogP contribution is 2.38. The lowest BCUT2D eigenvalue weighted by Crippen LogP contribution is -2.20. The Balaban J connectivity index is 2.10. The highest BCUT2D eigenvalue weighted by Gasteiger charge is 2.16. The number of methoxy groups -OCH3 is 4. The molecule has 0 unspecified atom stereocenters. The van der Waals surface area contributed by atoms with Crippen molar-refractivity contribution >= 4 is 11.6 Å². The van der Waals surface area contributed by atoms with Crippen LogP contribution < -0.4 is 24.4 Å². The molecule has 0 heterocycles. The van der Waals surface area contributed by atoms with Crippen LogP contribution in [0.1, 0.15) is 22.8 Å². The summed E-state index contributed by atoms with van der Waals surface area (Å²) in [6.45, 7) is 1.85. The second kappa shape index (κ2) is 9.47. The monoisotopic (exact) mass is 372 g/mol. The Labute approximate surface area is 158 Å². The van der Waals surface area contributed by atoms with Crippen LogP contribution in [0.5, 0.6) is 23.0 Å². The number of nitrogens with one attached hydrogen (secondary N) is 1. The van der Waals surface area contributed by atoms with Crippen molar-refractivity contribution in [2.75, 3.05) is 28.4 Å². The van der Waals surface area contributed by atoms with E-state index in [1.54, 1.807) is 19.2 Å². The average Bonchev–Trinajstić information content (AvgIpc) is 2.71. The van der Waals surface area contributed by atoms with Crippen LogP contribution in [-0.2, 0) is 6.42 Å². The summed E-state index contributed by atoms with van der Waals surface area (Å²) >= 11 is 0. The Morgan fingerprint density at radius 2 is 1.52 bits per heavy atom. The zero-order valence-corrected chi connectivity index (χ0v) is 16.2. The van der Waals surface area contributed by atoms with Crippen molar-refractivity contribution in [3.05, 3.63) is 47.5 Å². The number of carbonyl (C=O) groups excluding carboxylic acids is 1. The van der Waals surface area contributed by atoms with Gasteiger partial charge >= 0.3 is 0 Å². The molecule has 0 fully saturated rings. The Kier molecular flexibility index (Phi) is 7.05. The van der Waals surface area contributed by atoms with Gasteiger partial charge in [-0.15, -0.1) is 0 Å². The molecular weight excluding hydrogens is 348 g/mol. The first-order valence-electron chi connectivity index (χ1n) is 8.28. The lowest BCUT2D eigenvalue weighted by Gasteiger charge is -2.13. The largest absolute Gasteiger partial charge is 0.497 e. The topological polar surface area (TPSA) is 78.4 Å². The molecule has 1 N–H and O–H groups in total. The van der Waals surface area contributed by atoms with Crippen LogP contribution >= 0.6 is 0 Å². The number of ether oxygens (including phenoxy) is 4. The van der Waals surface area contributed by atoms with E-state index in [0.717, 1.165) is 17.0 Å². The smallest absolute Gasteiger partial charge is 0.271 e. The summed E-state index contributed by atoms with van der Waals surface area (Å²) in [6, 6.07) is 10.8. The first-order valence-corrected chi connectivity index (χ1v) is 8.28. The standard InChI is InChI=1S/C20H24N2O5/c1-13(10-14-6-8-16(24-2)9-7-14)21-22-20(23)15-11-17(25-3)19(27-5)18(12-15)26-4/h6-9,11-12H,10H2,1-5H3,(H,22,23)/b21-13-. The number of hydrogen-bond acceptors (Lipinski definition) is 6. The molecule has 7 nitrogen and oxygen atoms in total. The quantitative estimate of drug-likeness (QED) is 0.569. The third-order valence-corrected chi connectivity index (χ3v) is 3.89. The van der Waals surface area contributed by atoms with E-state index in [-0.39, 0.29) is 5.91 Å². The highest BCUT2D eigenvalue weighted by molar-refractivity contribution is 5.96. The molecule has 2 aromatic rings. The maximum absolute atomic E-state index is 12.4. The molecule has 27 heavy (non-hydrogen) atoms. The van der Waals surface area contributed by atoms with Gasteiger partial charge in [-0.25, -0.2) is 5.43 Å². The van der Waals surface area contributed by atoms with Gasteiger partial charge in [-0.05, 0) is 36.8 Å². The first-order chi connectivity index (χ1) is 13.0. The molecule has 0 aliphatic heterocycles. The van der Waals surface area contributed by atoms with E-state index in [0.29, 0.717) is 29.2 Å². The number of carbonyl (C=O) groups is 1. The number of rotatable bonds is 8. The SMILES string of the molecule is COc1ccc(C/C(C)=N\NC(=O)c2cc(OC)c(OC)c(OC)c2)cc1. The van der Waals surface area contributed by atoms with Gasteiger partial charge in [0.25, 0.3) is 5.91 Å². The summed E-state index contributed by atoms with van der Waals surface area (Å²) in [5, 5.41) is 4.16. The second-order valence-corrected chi connectivity index (χ2v) is 5.73. The van der Waals surface area contributed by atoms with E-state index in [1.807, 2.05) is 31.2 Å². The van der Waals surface area contributed by atoms with E-state index < -0.39 is 0 Å². The molecule has 0 saturated carbocycles. The fraction of sp³-hybridized carbons (Fsp3) is 0.300. The molecule has 2 aromatic carbocycles. The van der Waals surface area contributed by atoms with Gasteiger partial charge in [0.1, 0.15) is 5.75 Å². The minimum absolute atomic E-state index is 0.352. The summed E-state index contributed by atoms with van der Waals surface area (Å²) in [4.78, 5) is 12.4. The Morgan fingerprint density at radius 1 is 0.926 bits per heavy atom. The number of hydrazone groups is 1. The normalized spacial score (nSPS) is 10.9. The van der Waals surface area contributed by atoms with Gasteiger partial charge < -0.3 is 18.9 Å². The van der Waals surface area contributed by atoms with Gasteiger partial charge in [0.2, 0.25) is 5.75 Å². The van der Waals surface area contributed by atoms with E-state index in [2.05, 4.69) is 10.5 Å². The zero-order chi connectivity index (χ0) is 19.8. The lowest BCUT2D eigenvalue weighted by molar-refractivity contribution is 0.0954. The lowest BCUT2D eigenvalue weighted by atomic mass is 10.1. The Bertz CT molecular complexity index is 791. The van der Waals surface area contributed by atoms with Crippen molar-refractivity contribution in [3.8, 4) is 23.0 Å². The number of nitrogens with zero attached hydrogens (tertiary/aromatic N) is 1. The van der Waals surface area contributed by atoms with Gasteiger partial charge in [0.05, 0.1) is 28.4 Å². The van der Waals surface area contributed by atoms with Gasteiger partial charge in [0, 0.05) is 17.7 Å². The molecule has 0 radical (unpaired) electrons. The fourth-order valence-corrected chi connectivity index (χ4v) is 2.50. The number of hydrogen-bond donors (Lipinski definition) is 1. The third-order valence-electron chi connectivity index (χ3n) is 3.89. The Morgan fingerprint density at radius 3 is 2.00 bits per heavy atom. The van der Waals surface area contributed by atoms with E-state index in [9.17, 15) is 4.79 Å². The van der Waals surface area contributed by atoms with Crippen LogP contribution in [-0.4, -0.2) is 40.1 Å². The summed E-state index contributed by atoms with van der Waals surface area (Å²) < 4.78 is 20.9. The first kappa shape index (κ1) is 20.1. The zero-order valence-electron chi connectivity index (χ0n) is 16.2. The van der Waals surface area contributed by atoms with Gasteiger partial charge in [0.15, 0.2) is 11.5 Å². The van der Waals surface area contributed by atoms with Crippen LogP contribution in [0.2, 0.25) is 0 Å². The van der Waals surface area contributed by atoms with Crippen molar-refractivity contribution in [1.29, 1.82) is 0 Å².